The SMILES string of the molecule is CCc1nncn1CCNC(=NCC1CCCO1)NC(C)c1ccc(Cl)cc1Cl. The summed E-state index contributed by atoms with van der Waals surface area (Å²) in [5, 5.41) is 16.2. The van der Waals surface area contributed by atoms with Crippen molar-refractivity contribution in [3.05, 3.63) is 46.0 Å². The van der Waals surface area contributed by atoms with Gasteiger partial charge in [0.15, 0.2) is 5.96 Å². The number of nitrogens with zero attached hydrogens (tertiary/aromatic N) is 4. The second-order valence-electron chi connectivity index (χ2n) is 7.08. The van der Waals surface area contributed by atoms with Gasteiger partial charge in [-0.2, -0.15) is 0 Å². The first-order valence-electron chi connectivity index (χ1n) is 10.0. The van der Waals surface area contributed by atoms with Crippen LogP contribution in [-0.2, 0) is 17.7 Å². The summed E-state index contributed by atoms with van der Waals surface area (Å²) >= 11 is 12.4. The van der Waals surface area contributed by atoms with E-state index >= 15 is 0 Å². The predicted octanol–water partition coefficient (Wildman–Crippen LogP) is 3.62. The van der Waals surface area contributed by atoms with Crippen LogP contribution < -0.4 is 10.6 Å². The molecule has 0 amide bonds. The lowest BCUT2D eigenvalue weighted by atomic mass is 10.1. The minimum atomic E-state index is -0.0309. The van der Waals surface area contributed by atoms with Gasteiger partial charge in [-0.25, -0.2) is 0 Å². The van der Waals surface area contributed by atoms with E-state index in [0.717, 1.165) is 49.8 Å². The summed E-state index contributed by atoms with van der Waals surface area (Å²) in [6.07, 6.45) is 4.95. The Balaban J connectivity index is 1.64. The number of halogens is 2. The Morgan fingerprint density at radius 1 is 1.41 bits per heavy atom. The first kappa shape index (κ1) is 21.9. The molecular weight excluding hydrogens is 411 g/mol. The van der Waals surface area contributed by atoms with Crippen LogP contribution >= 0.6 is 23.2 Å². The Morgan fingerprint density at radius 3 is 3.00 bits per heavy atom. The molecule has 0 aliphatic carbocycles. The van der Waals surface area contributed by atoms with Crippen LogP contribution in [0.15, 0.2) is 29.5 Å². The molecule has 1 aromatic carbocycles. The Morgan fingerprint density at radius 2 is 2.28 bits per heavy atom. The molecule has 1 aromatic heterocycles. The number of rotatable bonds is 8. The summed E-state index contributed by atoms with van der Waals surface area (Å²) in [7, 11) is 0. The fourth-order valence-electron chi connectivity index (χ4n) is 3.30. The number of benzene rings is 1. The quantitative estimate of drug-likeness (QED) is 0.486. The van der Waals surface area contributed by atoms with Gasteiger partial charge in [0.2, 0.25) is 0 Å². The van der Waals surface area contributed by atoms with Crippen LogP contribution in [0.25, 0.3) is 0 Å². The summed E-state index contributed by atoms with van der Waals surface area (Å²) in [6.45, 7) is 7.02. The third kappa shape index (κ3) is 6.32. The van der Waals surface area contributed by atoms with E-state index in [-0.39, 0.29) is 12.1 Å². The van der Waals surface area contributed by atoms with Crippen molar-refractivity contribution in [2.24, 2.45) is 4.99 Å². The molecule has 2 aromatic rings. The third-order valence-corrected chi connectivity index (χ3v) is 5.48. The summed E-state index contributed by atoms with van der Waals surface area (Å²) in [5.41, 5.74) is 0.967. The molecule has 1 fully saturated rings. The molecule has 9 heteroatoms. The molecule has 2 N–H and O–H groups in total. The Kier molecular flexibility index (Phi) is 8.15. The van der Waals surface area contributed by atoms with Gasteiger partial charge in [-0.15, -0.1) is 10.2 Å². The molecule has 1 aliphatic heterocycles. The van der Waals surface area contributed by atoms with Gasteiger partial charge in [-0.05, 0) is 37.5 Å². The van der Waals surface area contributed by atoms with Gasteiger partial charge in [0, 0.05) is 36.2 Å². The highest BCUT2D eigenvalue weighted by atomic mass is 35.5. The van der Waals surface area contributed by atoms with Gasteiger partial charge in [0.25, 0.3) is 0 Å². The van der Waals surface area contributed by atoms with Crippen LogP contribution in [0.4, 0.5) is 0 Å². The van der Waals surface area contributed by atoms with Crippen LogP contribution in [-0.4, -0.2) is 46.5 Å². The molecule has 158 valence electrons. The van der Waals surface area contributed by atoms with E-state index in [9.17, 15) is 0 Å². The summed E-state index contributed by atoms with van der Waals surface area (Å²) in [5.74, 6) is 1.70. The van der Waals surface area contributed by atoms with Crippen LogP contribution in [0, 0.1) is 0 Å². The van der Waals surface area contributed by atoms with Gasteiger partial charge in [0.1, 0.15) is 12.2 Å². The predicted molar refractivity (Wildman–Crippen MR) is 117 cm³/mol. The Labute approximate surface area is 181 Å². The van der Waals surface area contributed by atoms with Gasteiger partial charge >= 0.3 is 0 Å². The van der Waals surface area contributed by atoms with E-state index in [0.29, 0.717) is 23.1 Å². The number of nitrogens with one attached hydrogen (secondary N) is 2. The molecule has 2 unspecified atom stereocenters. The Bertz CT molecular complexity index is 819. The van der Waals surface area contributed by atoms with Crippen molar-refractivity contribution in [3.8, 4) is 0 Å². The first-order valence-corrected chi connectivity index (χ1v) is 10.8. The Hall–Kier alpha value is -1.83. The highest BCUT2D eigenvalue weighted by Crippen LogP contribution is 2.26. The standard InChI is InChI=1S/C20H28Cl2N6O/c1-3-19-27-25-13-28(19)9-8-23-20(24-12-16-5-4-10-29-16)26-14(2)17-7-6-15(21)11-18(17)22/h6-7,11,13-14,16H,3-5,8-10,12H2,1-2H3,(H2,23,24,26). The van der Waals surface area contributed by atoms with E-state index < -0.39 is 0 Å². The largest absolute Gasteiger partial charge is 0.376 e. The monoisotopic (exact) mass is 438 g/mol. The highest BCUT2D eigenvalue weighted by Gasteiger charge is 2.16. The first-order chi connectivity index (χ1) is 14.1. The fourth-order valence-corrected chi connectivity index (χ4v) is 3.88. The molecule has 0 spiro atoms. The van der Waals surface area contributed by atoms with E-state index in [2.05, 4.69) is 27.8 Å². The number of aryl methyl sites for hydroxylation is 1. The second kappa shape index (κ2) is 10.8. The number of ether oxygens (including phenoxy) is 1. The maximum Gasteiger partial charge on any atom is 0.191 e. The number of hydrogen-bond donors (Lipinski definition) is 2. The smallest absolute Gasteiger partial charge is 0.191 e. The minimum absolute atomic E-state index is 0.0309. The number of hydrogen-bond acceptors (Lipinski definition) is 4. The lowest BCUT2D eigenvalue weighted by Crippen LogP contribution is -2.41. The maximum absolute atomic E-state index is 6.37. The molecule has 0 radical (unpaired) electrons. The molecule has 0 saturated carbocycles. The second-order valence-corrected chi connectivity index (χ2v) is 7.92. The van der Waals surface area contributed by atoms with E-state index in [1.54, 1.807) is 12.4 Å². The van der Waals surface area contributed by atoms with E-state index in [1.807, 2.05) is 23.6 Å². The van der Waals surface area contributed by atoms with Crippen molar-refractivity contribution in [2.75, 3.05) is 19.7 Å². The summed E-state index contributed by atoms with van der Waals surface area (Å²) < 4.78 is 7.75. The maximum atomic E-state index is 6.37. The number of aromatic nitrogens is 3. The molecule has 2 atom stereocenters. The summed E-state index contributed by atoms with van der Waals surface area (Å²) in [4.78, 5) is 4.74. The molecule has 1 aliphatic rings. The van der Waals surface area contributed by atoms with Crippen molar-refractivity contribution < 1.29 is 4.74 Å². The normalized spacial score (nSPS) is 18.1. The summed E-state index contributed by atoms with van der Waals surface area (Å²) in [6, 6.07) is 5.50. The zero-order valence-corrected chi connectivity index (χ0v) is 18.4. The van der Waals surface area contributed by atoms with E-state index in [1.165, 1.54) is 0 Å². The number of aliphatic imine (C=N–C) groups is 1. The van der Waals surface area contributed by atoms with Crippen LogP contribution in [0.2, 0.25) is 10.0 Å². The van der Waals surface area contributed by atoms with Gasteiger partial charge in [-0.3, -0.25) is 4.99 Å². The topological polar surface area (TPSA) is 76.4 Å². The van der Waals surface area contributed by atoms with Gasteiger partial charge in [-0.1, -0.05) is 36.2 Å². The minimum Gasteiger partial charge on any atom is -0.376 e. The van der Waals surface area contributed by atoms with Gasteiger partial charge < -0.3 is 19.9 Å². The number of guanidine groups is 1. The van der Waals surface area contributed by atoms with Crippen LogP contribution in [0.5, 0.6) is 0 Å². The average molecular weight is 439 g/mol. The molecule has 2 heterocycles. The lowest BCUT2D eigenvalue weighted by molar-refractivity contribution is 0.117. The van der Waals surface area contributed by atoms with Crippen molar-refractivity contribution in [2.45, 2.75) is 51.8 Å². The van der Waals surface area contributed by atoms with E-state index in [4.69, 9.17) is 32.9 Å². The lowest BCUT2D eigenvalue weighted by Gasteiger charge is -2.20. The average Bonchev–Trinajstić information content (AvgIpc) is 3.37. The van der Waals surface area contributed by atoms with Crippen molar-refractivity contribution >= 4 is 29.2 Å². The molecule has 29 heavy (non-hydrogen) atoms. The molecular formula is C20H28Cl2N6O. The van der Waals surface area contributed by atoms with Crippen molar-refractivity contribution in [1.29, 1.82) is 0 Å². The molecule has 3 rings (SSSR count). The molecule has 7 nitrogen and oxygen atoms in total. The van der Waals surface area contributed by atoms with Crippen LogP contribution in [0.1, 0.15) is 44.1 Å². The highest BCUT2D eigenvalue weighted by molar-refractivity contribution is 6.35. The van der Waals surface area contributed by atoms with Crippen LogP contribution in [0.3, 0.4) is 0 Å². The third-order valence-electron chi connectivity index (χ3n) is 4.92. The molecule has 1 saturated heterocycles. The zero-order chi connectivity index (χ0) is 20.6. The fraction of sp³-hybridized carbons (Fsp3) is 0.550. The zero-order valence-electron chi connectivity index (χ0n) is 16.9. The van der Waals surface area contributed by atoms with Gasteiger partial charge in [0.05, 0.1) is 18.7 Å². The van der Waals surface area contributed by atoms with Crippen molar-refractivity contribution in [1.82, 2.24) is 25.4 Å². The van der Waals surface area contributed by atoms with Crippen molar-refractivity contribution in [3.63, 3.8) is 0 Å². The molecule has 0 bridgehead atoms.